The van der Waals surface area contributed by atoms with Crippen molar-refractivity contribution in [1.82, 2.24) is 4.90 Å². The van der Waals surface area contributed by atoms with Crippen molar-refractivity contribution in [3.63, 3.8) is 0 Å². The van der Waals surface area contributed by atoms with Crippen LogP contribution in [0.1, 0.15) is 32.6 Å². The van der Waals surface area contributed by atoms with Crippen LogP contribution in [-0.4, -0.2) is 25.8 Å². The van der Waals surface area contributed by atoms with E-state index < -0.39 is 10.0 Å². The molecule has 6 heteroatoms. The first-order valence-electron chi connectivity index (χ1n) is 12.0. The van der Waals surface area contributed by atoms with Gasteiger partial charge in [0.2, 0.25) is 0 Å². The molecule has 0 atom stereocenters. The van der Waals surface area contributed by atoms with Crippen LogP contribution in [0.3, 0.4) is 0 Å². The predicted molar refractivity (Wildman–Crippen MR) is 142 cm³/mol. The number of fused-ring (bicyclic) bond motifs is 1. The molecule has 1 amide bonds. The van der Waals surface area contributed by atoms with Gasteiger partial charge in [0.25, 0.3) is 15.9 Å². The maximum atomic E-state index is 13.7. The fourth-order valence-corrected chi connectivity index (χ4v) is 6.08. The summed E-state index contributed by atoms with van der Waals surface area (Å²) in [6.07, 6.45) is 0.568. The largest absolute Gasteiger partial charge is 0.330 e. The van der Waals surface area contributed by atoms with Crippen molar-refractivity contribution in [2.45, 2.75) is 31.3 Å². The molecule has 0 unspecified atom stereocenters. The van der Waals surface area contributed by atoms with Gasteiger partial charge in [-0.2, -0.15) is 0 Å². The SMILES string of the molecule is Cc1ccc(S(=O)(=O)N2CCc3cc(C(=O)N(Cc4ccccc4)Cc4ccccc4)ccc32)cc1. The summed E-state index contributed by atoms with van der Waals surface area (Å²) in [5, 5.41) is 0. The average Bonchev–Trinajstić information content (AvgIpc) is 3.34. The standard InChI is InChI=1S/C30H28N2O3S/c1-23-12-15-28(16-13-23)36(34,35)32-19-18-26-20-27(14-17-29(26)32)30(33)31(21-24-8-4-2-5-9-24)22-25-10-6-3-7-11-25/h2-17,20H,18-19,21-22H2,1H3. The van der Waals surface area contributed by atoms with E-state index in [9.17, 15) is 13.2 Å². The molecule has 5 nitrogen and oxygen atoms in total. The van der Waals surface area contributed by atoms with Crippen LogP contribution in [0.5, 0.6) is 0 Å². The second kappa shape index (κ2) is 9.99. The molecule has 0 bridgehead atoms. The molecule has 182 valence electrons. The number of hydrogen-bond donors (Lipinski definition) is 0. The molecule has 4 aromatic rings. The Morgan fingerprint density at radius 1 is 0.806 bits per heavy atom. The van der Waals surface area contributed by atoms with Gasteiger partial charge in [-0.15, -0.1) is 0 Å². The number of anilines is 1. The third-order valence-electron chi connectivity index (χ3n) is 6.51. The summed E-state index contributed by atoms with van der Waals surface area (Å²) in [5.74, 6) is -0.0784. The molecule has 1 aliphatic heterocycles. The van der Waals surface area contributed by atoms with Crippen LogP contribution in [0.4, 0.5) is 5.69 Å². The van der Waals surface area contributed by atoms with Crippen molar-refractivity contribution >= 4 is 21.6 Å². The lowest BCUT2D eigenvalue weighted by Crippen LogP contribution is -2.30. The lowest BCUT2D eigenvalue weighted by atomic mass is 10.1. The molecule has 36 heavy (non-hydrogen) atoms. The molecule has 0 fully saturated rings. The number of sulfonamides is 1. The Morgan fingerprint density at radius 3 is 1.97 bits per heavy atom. The second-order valence-electron chi connectivity index (χ2n) is 9.12. The molecule has 0 aromatic heterocycles. The van der Waals surface area contributed by atoms with Crippen molar-refractivity contribution in [3.8, 4) is 0 Å². The summed E-state index contributed by atoms with van der Waals surface area (Å²) >= 11 is 0. The van der Waals surface area contributed by atoms with Crippen LogP contribution in [0, 0.1) is 6.92 Å². The Kier molecular flexibility index (Phi) is 6.61. The lowest BCUT2D eigenvalue weighted by molar-refractivity contribution is 0.0730. The summed E-state index contributed by atoms with van der Waals surface area (Å²) in [6.45, 7) is 3.26. The van der Waals surface area contributed by atoms with Crippen LogP contribution in [0.25, 0.3) is 0 Å². The fourth-order valence-electron chi connectivity index (χ4n) is 4.58. The predicted octanol–water partition coefficient (Wildman–Crippen LogP) is 5.59. The summed E-state index contributed by atoms with van der Waals surface area (Å²) in [6, 6.07) is 32.1. The number of nitrogens with zero attached hydrogens (tertiary/aromatic N) is 2. The highest BCUT2D eigenvalue weighted by Crippen LogP contribution is 2.34. The Balaban J connectivity index is 1.42. The monoisotopic (exact) mass is 496 g/mol. The van der Waals surface area contributed by atoms with Gasteiger partial charge in [-0.1, -0.05) is 78.4 Å². The molecule has 5 rings (SSSR count). The number of carbonyl (C=O) groups excluding carboxylic acids is 1. The molecule has 0 saturated carbocycles. The average molecular weight is 497 g/mol. The van der Waals surface area contributed by atoms with Gasteiger partial charge in [-0.3, -0.25) is 9.10 Å². The molecule has 0 aliphatic carbocycles. The van der Waals surface area contributed by atoms with E-state index in [1.54, 1.807) is 36.4 Å². The smallest absolute Gasteiger partial charge is 0.264 e. The zero-order chi connectivity index (χ0) is 25.1. The first-order chi connectivity index (χ1) is 17.4. The lowest BCUT2D eigenvalue weighted by Gasteiger charge is -2.24. The van der Waals surface area contributed by atoms with E-state index in [2.05, 4.69) is 0 Å². The van der Waals surface area contributed by atoms with Gasteiger partial charge in [-0.25, -0.2) is 8.42 Å². The van der Waals surface area contributed by atoms with Gasteiger partial charge in [0, 0.05) is 25.2 Å². The first-order valence-corrected chi connectivity index (χ1v) is 13.5. The molecule has 0 spiro atoms. The molecule has 1 aliphatic rings. The van der Waals surface area contributed by atoms with Gasteiger partial charge < -0.3 is 4.90 Å². The summed E-state index contributed by atoms with van der Waals surface area (Å²) < 4.78 is 28.0. The molecule has 1 heterocycles. The van der Waals surface area contributed by atoms with Gasteiger partial charge in [0.1, 0.15) is 0 Å². The maximum Gasteiger partial charge on any atom is 0.264 e. The number of amides is 1. The minimum atomic E-state index is -3.66. The van der Waals surface area contributed by atoms with E-state index in [0.29, 0.717) is 37.3 Å². The Labute approximate surface area is 212 Å². The number of aryl methyl sites for hydroxylation is 1. The van der Waals surface area contributed by atoms with Gasteiger partial charge in [-0.05, 0) is 60.4 Å². The first kappa shape index (κ1) is 23.8. The highest BCUT2D eigenvalue weighted by atomic mass is 32.2. The zero-order valence-corrected chi connectivity index (χ0v) is 21.0. The highest BCUT2D eigenvalue weighted by molar-refractivity contribution is 7.92. The number of rotatable bonds is 7. The number of benzene rings is 4. The van der Waals surface area contributed by atoms with Crippen molar-refractivity contribution < 1.29 is 13.2 Å². The van der Waals surface area contributed by atoms with E-state index in [1.165, 1.54) is 4.31 Å². The minimum absolute atomic E-state index is 0.0784. The fraction of sp³-hybridized carbons (Fsp3) is 0.167. The molecule has 0 saturated heterocycles. The molecule has 4 aromatic carbocycles. The van der Waals surface area contributed by atoms with Gasteiger partial charge in [0.15, 0.2) is 0 Å². The van der Waals surface area contributed by atoms with Crippen molar-refractivity contribution in [2.75, 3.05) is 10.8 Å². The minimum Gasteiger partial charge on any atom is -0.330 e. The second-order valence-corrected chi connectivity index (χ2v) is 11.0. The molecule has 0 radical (unpaired) electrons. The van der Waals surface area contributed by atoms with Crippen LogP contribution in [0.2, 0.25) is 0 Å². The number of carbonyl (C=O) groups is 1. The third kappa shape index (κ3) is 4.90. The van der Waals surface area contributed by atoms with E-state index >= 15 is 0 Å². The van der Waals surface area contributed by atoms with Crippen LogP contribution < -0.4 is 4.31 Å². The van der Waals surface area contributed by atoms with Crippen LogP contribution >= 0.6 is 0 Å². The zero-order valence-electron chi connectivity index (χ0n) is 20.2. The quantitative estimate of drug-likeness (QED) is 0.335. The highest BCUT2D eigenvalue weighted by Gasteiger charge is 2.31. The van der Waals surface area contributed by atoms with Crippen LogP contribution in [-0.2, 0) is 29.5 Å². The normalized spacial score (nSPS) is 12.9. The van der Waals surface area contributed by atoms with Gasteiger partial charge in [0.05, 0.1) is 10.6 Å². The van der Waals surface area contributed by atoms with Crippen LogP contribution in [0.15, 0.2) is 108 Å². The molecule has 0 N–H and O–H groups in total. The van der Waals surface area contributed by atoms with E-state index in [1.807, 2.05) is 78.6 Å². The van der Waals surface area contributed by atoms with E-state index in [0.717, 1.165) is 22.3 Å². The topological polar surface area (TPSA) is 57.7 Å². The summed E-state index contributed by atoms with van der Waals surface area (Å²) in [7, 11) is -3.66. The summed E-state index contributed by atoms with van der Waals surface area (Å²) in [4.78, 5) is 15.8. The van der Waals surface area contributed by atoms with Crippen molar-refractivity contribution in [1.29, 1.82) is 0 Å². The van der Waals surface area contributed by atoms with Gasteiger partial charge >= 0.3 is 0 Å². The Morgan fingerprint density at radius 2 is 1.39 bits per heavy atom. The number of hydrogen-bond acceptors (Lipinski definition) is 3. The van der Waals surface area contributed by atoms with E-state index in [-0.39, 0.29) is 10.8 Å². The molecular weight excluding hydrogens is 468 g/mol. The maximum absolute atomic E-state index is 13.7. The third-order valence-corrected chi connectivity index (χ3v) is 8.34. The van der Waals surface area contributed by atoms with Crippen molar-refractivity contribution in [2.24, 2.45) is 0 Å². The van der Waals surface area contributed by atoms with E-state index in [4.69, 9.17) is 0 Å². The van der Waals surface area contributed by atoms with Crippen molar-refractivity contribution in [3.05, 3.63) is 131 Å². The summed E-state index contributed by atoms with van der Waals surface area (Å²) in [5.41, 5.74) is 5.20. The molecular formula is C30H28N2O3S. The Bertz CT molecular complexity index is 1430. The Hall–Kier alpha value is -3.90.